The maximum atomic E-state index is 12.5. The molecule has 0 aliphatic carbocycles. The first kappa shape index (κ1) is 20.6. The zero-order valence-electron chi connectivity index (χ0n) is 16.9. The number of nitrogens with zero attached hydrogens (tertiary/aromatic N) is 3. The fraction of sp³-hybridized carbons (Fsp3) is 0.130. The number of anilines is 1. The third-order valence-corrected chi connectivity index (χ3v) is 4.96. The first-order valence-electron chi connectivity index (χ1n) is 9.57. The highest BCUT2D eigenvalue weighted by Crippen LogP contribution is 2.23. The molecule has 2 aromatic carbocycles. The Labute approximate surface area is 183 Å². The van der Waals surface area contributed by atoms with E-state index in [1.165, 1.54) is 16.8 Å². The number of hydrogen-bond donors (Lipinski definition) is 1. The Bertz CT molecular complexity index is 1330. The van der Waals surface area contributed by atoms with Gasteiger partial charge in [0.05, 0.1) is 16.3 Å². The van der Waals surface area contributed by atoms with Gasteiger partial charge >= 0.3 is 0 Å². The van der Waals surface area contributed by atoms with E-state index in [2.05, 4.69) is 15.5 Å². The summed E-state index contributed by atoms with van der Waals surface area (Å²) in [5, 5.41) is 7.18. The van der Waals surface area contributed by atoms with Gasteiger partial charge in [-0.15, -0.1) is 0 Å². The second-order valence-electron chi connectivity index (χ2n) is 7.21. The predicted molar refractivity (Wildman–Crippen MR) is 119 cm³/mol. The number of carbonyl (C=O) groups is 1. The standard InChI is InChI=1S/C23H19ClN4O3/c1-14-4-3-5-16(10-14)22-26-23(31-27-22)17-7-9-21(30)28(12-17)13-20(29)25-19-8-6-15(2)11-18(19)24/h3-12H,13H2,1-2H3,(H,25,29). The molecule has 0 saturated carbocycles. The predicted octanol–water partition coefficient (Wildman–Crippen LogP) is 4.47. The second-order valence-corrected chi connectivity index (χ2v) is 7.62. The van der Waals surface area contributed by atoms with Gasteiger partial charge in [-0.3, -0.25) is 9.59 Å². The van der Waals surface area contributed by atoms with E-state index >= 15 is 0 Å². The molecule has 7 nitrogen and oxygen atoms in total. The lowest BCUT2D eigenvalue weighted by molar-refractivity contribution is -0.116. The van der Waals surface area contributed by atoms with Crippen LogP contribution in [0, 0.1) is 13.8 Å². The topological polar surface area (TPSA) is 90.0 Å². The molecule has 0 fully saturated rings. The third kappa shape index (κ3) is 4.73. The average Bonchev–Trinajstić information content (AvgIpc) is 3.22. The van der Waals surface area contributed by atoms with Crippen LogP contribution in [0.15, 0.2) is 70.1 Å². The number of aromatic nitrogens is 3. The van der Waals surface area contributed by atoms with Gasteiger partial charge in [0.1, 0.15) is 6.54 Å². The number of nitrogens with one attached hydrogen (secondary N) is 1. The molecule has 0 saturated heterocycles. The van der Waals surface area contributed by atoms with Crippen LogP contribution in [-0.2, 0) is 11.3 Å². The summed E-state index contributed by atoms with van der Waals surface area (Å²) in [5.41, 5.74) is 3.59. The van der Waals surface area contributed by atoms with Gasteiger partial charge in [0.15, 0.2) is 0 Å². The fourth-order valence-electron chi connectivity index (χ4n) is 3.09. The minimum absolute atomic E-state index is 0.185. The number of hydrogen-bond acceptors (Lipinski definition) is 5. The average molecular weight is 435 g/mol. The highest BCUT2D eigenvalue weighted by Gasteiger charge is 2.14. The molecule has 31 heavy (non-hydrogen) atoms. The number of benzene rings is 2. The Balaban J connectivity index is 1.55. The van der Waals surface area contributed by atoms with E-state index in [9.17, 15) is 9.59 Å². The number of carbonyl (C=O) groups excluding carboxylic acids is 1. The van der Waals surface area contributed by atoms with Crippen molar-refractivity contribution in [2.75, 3.05) is 5.32 Å². The lowest BCUT2D eigenvalue weighted by atomic mass is 10.1. The van der Waals surface area contributed by atoms with E-state index in [4.69, 9.17) is 16.1 Å². The van der Waals surface area contributed by atoms with Gasteiger partial charge in [0.2, 0.25) is 11.7 Å². The molecule has 1 N–H and O–H groups in total. The summed E-state index contributed by atoms with van der Waals surface area (Å²) < 4.78 is 6.65. The number of amides is 1. The first-order valence-corrected chi connectivity index (χ1v) is 9.94. The van der Waals surface area contributed by atoms with Gasteiger partial charge in [0.25, 0.3) is 11.4 Å². The van der Waals surface area contributed by atoms with Crippen molar-refractivity contribution in [2.24, 2.45) is 0 Å². The van der Waals surface area contributed by atoms with Crippen LogP contribution in [0.3, 0.4) is 0 Å². The Morgan fingerprint density at radius 1 is 1.06 bits per heavy atom. The summed E-state index contributed by atoms with van der Waals surface area (Å²) in [6, 6.07) is 16.0. The van der Waals surface area contributed by atoms with Crippen molar-refractivity contribution < 1.29 is 9.32 Å². The molecule has 8 heteroatoms. The first-order chi connectivity index (χ1) is 14.9. The largest absolute Gasteiger partial charge is 0.334 e. The highest BCUT2D eigenvalue weighted by atomic mass is 35.5. The van der Waals surface area contributed by atoms with Crippen LogP contribution in [0.1, 0.15) is 11.1 Å². The van der Waals surface area contributed by atoms with Crippen LogP contribution in [0.4, 0.5) is 5.69 Å². The fourth-order valence-corrected chi connectivity index (χ4v) is 3.37. The van der Waals surface area contributed by atoms with E-state index in [0.717, 1.165) is 16.7 Å². The van der Waals surface area contributed by atoms with Crippen LogP contribution in [0.5, 0.6) is 0 Å². The van der Waals surface area contributed by atoms with E-state index in [-0.39, 0.29) is 23.9 Å². The van der Waals surface area contributed by atoms with E-state index < -0.39 is 0 Å². The summed E-state index contributed by atoms with van der Waals surface area (Å²) in [5.74, 6) is 0.325. The van der Waals surface area contributed by atoms with Gasteiger partial charge in [-0.25, -0.2) is 0 Å². The molecule has 0 radical (unpaired) electrons. The number of aryl methyl sites for hydroxylation is 2. The summed E-state index contributed by atoms with van der Waals surface area (Å²) >= 11 is 6.16. The summed E-state index contributed by atoms with van der Waals surface area (Å²) in [4.78, 5) is 29.1. The zero-order chi connectivity index (χ0) is 22.0. The normalized spacial score (nSPS) is 10.8. The highest BCUT2D eigenvalue weighted by molar-refractivity contribution is 6.33. The molecule has 0 aliphatic rings. The summed E-state index contributed by atoms with van der Waals surface area (Å²) in [6.45, 7) is 3.70. The van der Waals surface area contributed by atoms with Crippen molar-refractivity contribution in [3.8, 4) is 22.8 Å². The van der Waals surface area contributed by atoms with Gasteiger partial charge in [-0.1, -0.05) is 46.6 Å². The molecule has 1 amide bonds. The van der Waals surface area contributed by atoms with Gasteiger partial charge in [-0.2, -0.15) is 4.98 Å². The molecular weight excluding hydrogens is 416 g/mol. The second kappa shape index (κ2) is 8.57. The van der Waals surface area contributed by atoms with Crippen molar-refractivity contribution >= 4 is 23.2 Å². The van der Waals surface area contributed by atoms with E-state index in [1.807, 2.05) is 44.2 Å². The molecule has 2 heterocycles. The molecule has 0 spiro atoms. The molecule has 156 valence electrons. The van der Waals surface area contributed by atoms with Crippen LogP contribution in [0.2, 0.25) is 5.02 Å². The Hall–Kier alpha value is -3.71. The van der Waals surface area contributed by atoms with Crippen molar-refractivity contribution in [2.45, 2.75) is 20.4 Å². The quantitative estimate of drug-likeness (QED) is 0.500. The number of rotatable bonds is 5. The molecule has 0 atom stereocenters. The minimum atomic E-state index is -0.379. The Kier molecular flexibility index (Phi) is 5.68. The molecule has 2 aromatic heterocycles. The van der Waals surface area contributed by atoms with Crippen molar-refractivity contribution in [3.05, 3.63) is 87.3 Å². The molecule has 4 aromatic rings. The van der Waals surface area contributed by atoms with Crippen molar-refractivity contribution in [1.82, 2.24) is 14.7 Å². The minimum Gasteiger partial charge on any atom is -0.334 e. The zero-order valence-corrected chi connectivity index (χ0v) is 17.7. The maximum Gasteiger partial charge on any atom is 0.259 e. The molecular formula is C23H19ClN4O3. The molecule has 4 rings (SSSR count). The summed E-state index contributed by atoms with van der Waals surface area (Å²) in [6.07, 6.45) is 1.52. The lowest BCUT2D eigenvalue weighted by Crippen LogP contribution is -2.27. The number of halogens is 1. The molecule has 0 bridgehead atoms. The molecule has 0 aliphatic heterocycles. The van der Waals surface area contributed by atoms with Crippen molar-refractivity contribution in [1.29, 1.82) is 0 Å². The number of pyridine rings is 1. The van der Waals surface area contributed by atoms with Gasteiger partial charge in [-0.05, 0) is 43.7 Å². The monoisotopic (exact) mass is 434 g/mol. The third-order valence-electron chi connectivity index (χ3n) is 4.65. The summed E-state index contributed by atoms with van der Waals surface area (Å²) in [7, 11) is 0. The SMILES string of the molecule is Cc1cccc(-c2noc(-c3ccc(=O)n(CC(=O)Nc4ccc(C)cc4Cl)c3)n2)c1. The maximum absolute atomic E-state index is 12.5. The van der Waals surface area contributed by atoms with Crippen LogP contribution >= 0.6 is 11.6 Å². The van der Waals surface area contributed by atoms with Crippen molar-refractivity contribution in [3.63, 3.8) is 0 Å². The smallest absolute Gasteiger partial charge is 0.259 e. The molecule has 0 unspecified atom stereocenters. The van der Waals surface area contributed by atoms with Gasteiger partial charge < -0.3 is 14.4 Å². The Morgan fingerprint density at radius 3 is 2.65 bits per heavy atom. The lowest BCUT2D eigenvalue weighted by Gasteiger charge is -2.10. The Morgan fingerprint density at radius 2 is 1.87 bits per heavy atom. The van der Waals surface area contributed by atoms with Gasteiger partial charge in [0, 0.05) is 17.8 Å². The van der Waals surface area contributed by atoms with Crippen LogP contribution in [0.25, 0.3) is 22.8 Å². The van der Waals surface area contributed by atoms with E-state index in [0.29, 0.717) is 22.1 Å². The van der Waals surface area contributed by atoms with Crippen LogP contribution < -0.4 is 10.9 Å². The van der Waals surface area contributed by atoms with E-state index in [1.54, 1.807) is 18.2 Å². The van der Waals surface area contributed by atoms with Crippen LogP contribution in [-0.4, -0.2) is 20.6 Å².